The van der Waals surface area contributed by atoms with Gasteiger partial charge in [-0.25, -0.2) is 0 Å². The number of ketones is 1. The zero-order valence-electron chi connectivity index (χ0n) is 18.7. The molecule has 0 fully saturated rings. The number of carbonyl (C=O) groups is 5. The number of nitrogens with zero attached hydrogens (tertiary/aromatic N) is 1. The summed E-state index contributed by atoms with van der Waals surface area (Å²) in [5.41, 5.74) is 1.67. The van der Waals surface area contributed by atoms with E-state index in [2.05, 4.69) is 4.98 Å². The quantitative estimate of drug-likeness (QED) is 0.241. The van der Waals surface area contributed by atoms with E-state index in [1.807, 2.05) is 36.4 Å². The zero-order chi connectivity index (χ0) is 25.5. The number of carbonyl (C=O) groups excluding carboxylic acids is 1. The Morgan fingerprint density at radius 1 is 0.647 bits per heavy atom. The van der Waals surface area contributed by atoms with Crippen LogP contribution in [0.15, 0.2) is 60.9 Å². The standard InChI is InChI=1S/C14H11NO.4C2H4O2.2Cu/c16-14(13-8-10-15-11-9-13)7-6-12-4-2-1-3-5-12;4*1-2(3)4;;/h1-11H;4*1H3,(H,3,4);;/b7-6-;;;;;;. The van der Waals surface area contributed by atoms with Gasteiger partial charge in [-0.2, -0.15) is 0 Å². The van der Waals surface area contributed by atoms with Crippen molar-refractivity contribution in [1.29, 1.82) is 0 Å². The molecule has 2 rings (SSSR count). The van der Waals surface area contributed by atoms with Gasteiger partial charge in [-0.3, -0.25) is 29.0 Å². The Kier molecular flexibility index (Phi) is 33.4. The van der Waals surface area contributed by atoms with Crippen LogP contribution < -0.4 is 0 Å². The largest absolute Gasteiger partial charge is 0.481 e. The minimum absolute atomic E-state index is 0. The molecule has 0 bridgehead atoms. The summed E-state index contributed by atoms with van der Waals surface area (Å²) in [6, 6.07) is 13.1. The molecule has 10 nitrogen and oxygen atoms in total. The maximum Gasteiger partial charge on any atom is 0.300 e. The van der Waals surface area contributed by atoms with Gasteiger partial charge in [-0.05, 0) is 23.8 Å². The molecular formula is C22H27Cu2NO9. The first-order valence-electron chi connectivity index (χ1n) is 8.75. The van der Waals surface area contributed by atoms with Crippen molar-refractivity contribution in [2.75, 3.05) is 0 Å². The summed E-state index contributed by atoms with van der Waals surface area (Å²) >= 11 is 0. The molecule has 1 aromatic carbocycles. The van der Waals surface area contributed by atoms with Crippen LogP contribution >= 0.6 is 0 Å². The van der Waals surface area contributed by atoms with Crippen LogP contribution in [0.4, 0.5) is 0 Å². The normalized spacial score (nSPS) is 7.88. The fourth-order valence-electron chi connectivity index (χ4n) is 1.35. The fraction of sp³-hybridized carbons (Fsp3) is 0.182. The Labute approximate surface area is 218 Å². The molecule has 0 aliphatic carbocycles. The molecule has 4 N–H and O–H groups in total. The number of hydrogen-bond donors (Lipinski definition) is 4. The Balaban J connectivity index is -0.000000130. The van der Waals surface area contributed by atoms with Crippen LogP contribution in [0.2, 0.25) is 0 Å². The van der Waals surface area contributed by atoms with Crippen LogP contribution in [0.25, 0.3) is 6.08 Å². The molecule has 1 heterocycles. The van der Waals surface area contributed by atoms with E-state index >= 15 is 0 Å². The van der Waals surface area contributed by atoms with Crippen molar-refractivity contribution in [3.8, 4) is 0 Å². The Bertz CT molecular complexity index is 795. The predicted molar refractivity (Wildman–Crippen MR) is 117 cm³/mol. The topological polar surface area (TPSA) is 179 Å². The molecule has 0 spiro atoms. The second kappa shape index (κ2) is 27.7. The second-order valence-electron chi connectivity index (χ2n) is 5.42. The van der Waals surface area contributed by atoms with E-state index < -0.39 is 23.9 Å². The van der Waals surface area contributed by atoms with Crippen LogP contribution in [0.1, 0.15) is 43.6 Å². The molecule has 0 aliphatic rings. The molecular weight excluding hydrogens is 549 g/mol. The molecule has 1 aromatic heterocycles. The maximum atomic E-state index is 11.7. The Morgan fingerprint density at radius 3 is 1.29 bits per heavy atom. The van der Waals surface area contributed by atoms with Gasteiger partial charge < -0.3 is 20.4 Å². The smallest absolute Gasteiger partial charge is 0.300 e. The number of aliphatic carboxylic acids is 4. The van der Waals surface area contributed by atoms with Crippen LogP contribution in [0.3, 0.4) is 0 Å². The van der Waals surface area contributed by atoms with Crippen molar-refractivity contribution in [1.82, 2.24) is 4.98 Å². The van der Waals surface area contributed by atoms with E-state index in [1.54, 1.807) is 30.6 Å². The van der Waals surface area contributed by atoms with Gasteiger partial charge in [0.05, 0.1) is 0 Å². The number of hydrogen-bond acceptors (Lipinski definition) is 6. The molecule has 0 saturated carbocycles. The minimum Gasteiger partial charge on any atom is -0.481 e. The van der Waals surface area contributed by atoms with Gasteiger partial charge in [0.15, 0.2) is 5.78 Å². The first kappa shape index (κ1) is 41.0. The molecule has 0 aliphatic heterocycles. The van der Waals surface area contributed by atoms with E-state index in [0.717, 1.165) is 33.3 Å². The van der Waals surface area contributed by atoms with E-state index in [9.17, 15) is 4.79 Å². The maximum absolute atomic E-state index is 11.7. The predicted octanol–water partition coefficient (Wildman–Crippen LogP) is 3.34. The van der Waals surface area contributed by atoms with Crippen molar-refractivity contribution in [3.05, 3.63) is 72.1 Å². The number of carboxylic acid groups (broad SMARTS) is 4. The molecule has 2 radical (unpaired) electrons. The average Bonchev–Trinajstić information content (AvgIpc) is 2.66. The minimum atomic E-state index is -0.833. The van der Waals surface area contributed by atoms with Crippen LogP contribution in [0, 0.1) is 0 Å². The fourth-order valence-corrected chi connectivity index (χ4v) is 1.35. The van der Waals surface area contributed by atoms with Crippen molar-refractivity contribution in [2.45, 2.75) is 27.7 Å². The summed E-state index contributed by atoms with van der Waals surface area (Å²) in [5, 5.41) is 29.7. The van der Waals surface area contributed by atoms with E-state index in [-0.39, 0.29) is 39.9 Å². The van der Waals surface area contributed by atoms with Crippen molar-refractivity contribution < 1.29 is 78.5 Å². The molecule has 196 valence electrons. The molecule has 12 heteroatoms. The third-order valence-electron chi connectivity index (χ3n) is 2.19. The number of rotatable bonds is 3. The third-order valence-corrected chi connectivity index (χ3v) is 2.19. The van der Waals surface area contributed by atoms with Gasteiger partial charge in [-0.1, -0.05) is 36.4 Å². The molecule has 2 aromatic rings. The molecule has 34 heavy (non-hydrogen) atoms. The SMILES string of the molecule is CC(=O)O.CC(=O)O.CC(=O)O.CC(=O)O.O=C(/C=C\c1ccccc1)c1ccncc1.[Cu].[Cu]. The van der Waals surface area contributed by atoms with Gasteiger partial charge in [0.1, 0.15) is 0 Å². The Morgan fingerprint density at radius 2 is 0.971 bits per heavy atom. The van der Waals surface area contributed by atoms with Crippen LogP contribution in [-0.4, -0.2) is 55.1 Å². The molecule has 0 saturated heterocycles. The molecule has 0 amide bonds. The first-order valence-corrected chi connectivity index (χ1v) is 8.75. The Hall–Kier alpha value is -3.30. The second-order valence-corrected chi connectivity index (χ2v) is 5.42. The summed E-state index contributed by atoms with van der Waals surface area (Å²) in [7, 11) is 0. The van der Waals surface area contributed by atoms with Crippen LogP contribution in [-0.2, 0) is 53.3 Å². The average molecular weight is 577 g/mol. The number of allylic oxidation sites excluding steroid dienone is 1. The summed E-state index contributed by atoms with van der Waals surface area (Å²) < 4.78 is 0. The van der Waals surface area contributed by atoms with Gasteiger partial charge in [-0.15, -0.1) is 0 Å². The van der Waals surface area contributed by atoms with Gasteiger partial charge in [0.2, 0.25) is 0 Å². The van der Waals surface area contributed by atoms with Crippen LogP contribution in [0.5, 0.6) is 0 Å². The zero-order valence-corrected chi connectivity index (χ0v) is 20.6. The summed E-state index contributed by atoms with van der Waals surface area (Å²) in [6.07, 6.45) is 6.61. The van der Waals surface area contributed by atoms with E-state index in [0.29, 0.717) is 5.56 Å². The molecule has 0 unspecified atom stereocenters. The first-order chi connectivity index (χ1) is 14.8. The number of benzene rings is 1. The third kappa shape index (κ3) is 46.8. The van der Waals surface area contributed by atoms with Crippen molar-refractivity contribution in [2.24, 2.45) is 0 Å². The van der Waals surface area contributed by atoms with Crippen molar-refractivity contribution in [3.63, 3.8) is 0 Å². The van der Waals surface area contributed by atoms with Gasteiger partial charge >= 0.3 is 0 Å². The number of pyridine rings is 1. The summed E-state index contributed by atoms with van der Waals surface area (Å²) in [4.78, 5) is 51.6. The van der Waals surface area contributed by atoms with E-state index in [4.69, 9.17) is 39.6 Å². The van der Waals surface area contributed by atoms with Gasteiger partial charge in [0.25, 0.3) is 23.9 Å². The van der Waals surface area contributed by atoms with Gasteiger partial charge in [0, 0.05) is 79.8 Å². The monoisotopic (exact) mass is 575 g/mol. The summed E-state index contributed by atoms with van der Waals surface area (Å²) in [5.74, 6) is -3.34. The number of aromatic nitrogens is 1. The van der Waals surface area contributed by atoms with Crippen molar-refractivity contribution >= 4 is 35.7 Å². The number of carboxylic acids is 4. The van der Waals surface area contributed by atoms with E-state index in [1.165, 1.54) is 0 Å². The molecule has 0 atom stereocenters. The summed E-state index contributed by atoms with van der Waals surface area (Å²) in [6.45, 7) is 4.33.